The number of rotatable bonds is 6. The van der Waals surface area contributed by atoms with E-state index in [4.69, 9.17) is 5.11 Å². The van der Waals surface area contributed by atoms with E-state index in [-0.39, 0.29) is 17.5 Å². The third kappa shape index (κ3) is 3.55. The highest BCUT2D eigenvalue weighted by Crippen LogP contribution is 2.15. The second-order valence-electron chi connectivity index (χ2n) is 4.29. The predicted octanol–water partition coefficient (Wildman–Crippen LogP) is 1.08. The Morgan fingerprint density at radius 3 is 2.59 bits per heavy atom. The van der Waals surface area contributed by atoms with E-state index in [0.717, 1.165) is 6.42 Å². The average molecular weight is 260 g/mol. The molecule has 6 heteroatoms. The van der Waals surface area contributed by atoms with E-state index in [2.05, 4.69) is 4.72 Å². The minimum atomic E-state index is -3.47. The number of aliphatic hydroxyl groups is 1. The summed E-state index contributed by atoms with van der Waals surface area (Å²) in [4.78, 5) is 0.212. The predicted molar refractivity (Wildman–Crippen MR) is 66.1 cm³/mol. The second kappa shape index (κ2) is 5.66. The molecule has 0 saturated heterocycles. The fraction of sp³-hybridized carbons (Fsp3) is 0.636. The molecular weight excluding hydrogens is 240 g/mol. The third-order valence-electron chi connectivity index (χ3n) is 2.29. The van der Waals surface area contributed by atoms with Crippen LogP contribution in [0.15, 0.2) is 17.2 Å². The van der Waals surface area contributed by atoms with Crippen LogP contribution in [0.2, 0.25) is 0 Å². The quantitative estimate of drug-likeness (QED) is 0.804. The van der Waals surface area contributed by atoms with Gasteiger partial charge in [0.1, 0.15) is 0 Å². The number of aliphatic hydroxyl groups excluding tert-OH is 1. The Hall–Kier alpha value is -0.850. The zero-order chi connectivity index (χ0) is 13.1. The van der Waals surface area contributed by atoms with Crippen molar-refractivity contribution in [2.75, 3.05) is 0 Å². The highest BCUT2D eigenvalue weighted by Gasteiger charge is 2.18. The van der Waals surface area contributed by atoms with Crippen LogP contribution in [0.25, 0.3) is 0 Å². The van der Waals surface area contributed by atoms with Gasteiger partial charge in [0.2, 0.25) is 10.0 Å². The summed E-state index contributed by atoms with van der Waals surface area (Å²) in [5.74, 6) is 0. The molecule has 17 heavy (non-hydrogen) atoms. The van der Waals surface area contributed by atoms with Gasteiger partial charge in [0.25, 0.3) is 0 Å². The van der Waals surface area contributed by atoms with Gasteiger partial charge in [0.05, 0.1) is 11.5 Å². The number of aromatic nitrogens is 1. The van der Waals surface area contributed by atoms with E-state index < -0.39 is 10.0 Å². The van der Waals surface area contributed by atoms with Gasteiger partial charge in [-0.3, -0.25) is 0 Å². The first-order valence-corrected chi connectivity index (χ1v) is 7.21. The van der Waals surface area contributed by atoms with Gasteiger partial charge < -0.3 is 9.67 Å². The van der Waals surface area contributed by atoms with E-state index in [9.17, 15) is 8.42 Å². The SMILES string of the molecule is CCCn1cc(S(=O)(=O)NC(C)C)cc1CO. The number of hydrogen-bond donors (Lipinski definition) is 2. The Bertz CT molecular complexity index is 463. The van der Waals surface area contributed by atoms with Crippen molar-refractivity contribution in [3.05, 3.63) is 18.0 Å². The van der Waals surface area contributed by atoms with Crippen molar-refractivity contribution in [3.63, 3.8) is 0 Å². The third-order valence-corrected chi connectivity index (χ3v) is 3.91. The van der Waals surface area contributed by atoms with E-state index in [0.29, 0.717) is 12.2 Å². The smallest absolute Gasteiger partial charge is 0.242 e. The van der Waals surface area contributed by atoms with Crippen molar-refractivity contribution >= 4 is 10.0 Å². The molecule has 0 unspecified atom stereocenters. The van der Waals surface area contributed by atoms with Gasteiger partial charge in [-0.15, -0.1) is 0 Å². The van der Waals surface area contributed by atoms with Crippen molar-refractivity contribution < 1.29 is 13.5 Å². The first-order valence-electron chi connectivity index (χ1n) is 5.73. The molecule has 1 aromatic heterocycles. The molecule has 0 aliphatic rings. The lowest BCUT2D eigenvalue weighted by atomic mass is 10.4. The molecule has 0 fully saturated rings. The highest BCUT2D eigenvalue weighted by molar-refractivity contribution is 7.89. The molecule has 1 heterocycles. The van der Waals surface area contributed by atoms with Crippen LogP contribution in [0.5, 0.6) is 0 Å². The first kappa shape index (κ1) is 14.2. The molecule has 0 atom stereocenters. The molecule has 0 aliphatic heterocycles. The van der Waals surface area contributed by atoms with Crippen LogP contribution in [0.4, 0.5) is 0 Å². The van der Waals surface area contributed by atoms with E-state index >= 15 is 0 Å². The zero-order valence-electron chi connectivity index (χ0n) is 10.5. The summed E-state index contributed by atoms with van der Waals surface area (Å²) in [6.07, 6.45) is 2.46. The lowest BCUT2D eigenvalue weighted by Crippen LogP contribution is -2.29. The Kier molecular flexibility index (Phi) is 4.73. The van der Waals surface area contributed by atoms with Crippen molar-refractivity contribution in [3.8, 4) is 0 Å². The molecule has 1 rings (SSSR count). The van der Waals surface area contributed by atoms with E-state index in [1.54, 1.807) is 24.6 Å². The summed E-state index contributed by atoms with van der Waals surface area (Å²) in [6, 6.07) is 1.37. The maximum atomic E-state index is 11.9. The van der Waals surface area contributed by atoms with Gasteiger partial charge >= 0.3 is 0 Å². The normalized spacial score (nSPS) is 12.3. The zero-order valence-corrected chi connectivity index (χ0v) is 11.3. The molecule has 2 N–H and O–H groups in total. The average Bonchev–Trinajstić information content (AvgIpc) is 2.60. The fourth-order valence-electron chi connectivity index (χ4n) is 1.63. The van der Waals surface area contributed by atoms with E-state index in [1.807, 2.05) is 6.92 Å². The van der Waals surface area contributed by atoms with Crippen LogP contribution in [-0.4, -0.2) is 24.1 Å². The van der Waals surface area contributed by atoms with Gasteiger partial charge in [0.15, 0.2) is 0 Å². The second-order valence-corrected chi connectivity index (χ2v) is 6.01. The van der Waals surface area contributed by atoms with Gasteiger partial charge in [-0.25, -0.2) is 13.1 Å². The minimum Gasteiger partial charge on any atom is -0.390 e. The molecule has 0 amide bonds. The lowest BCUT2D eigenvalue weighted by Gasteiger charge is -2.07. The molecule has 0 saturated carbocycles. The standard InChI is InChI=1S/C11H20N2O3S/c1-4-5-13-7-11(6-10(13)8-14)17(15,16)12-9(2)3/h6-7,9,12,14H,4-5,8H2,1-3H3. The molecule has 1 aromatic rings. The Labute approximate surface area is 103 Å². The first-order chi connectivity index (χ1) is 7.90. The molecule has 0 aromatic carbocycles. The molecule has 0 bridgehead atoms. The molecule has 5 nitrogen and oxygen atoms in total. The van der Waals surface area contributed by atoms with Gasteiger partial charge in [-0.2, -0.15) is 0 Å². The fourth-order valence-corrected chi connectivity index (χ4v) is 2.95. The Balaban J connectivity index is 3.07. The molecular formula is C11H20N2O3S. The summed E-state index contributed by atoms with van der Waals surface area (Å²) < 4.78 is 28.1. The maximum Gasteiger partial charge on any atom is 0.242 e. The summed E-state index contributed by atoms with van der Waals surface area (Å²) in [6.45, 7) is 6.09. The number of nitrogens with zero attached hydrogens (tertiary/aromatic N) is 1. The van der Waals surface area contributed by atoms with Crippen LogP contribution in [0.1, 0.15) is 32.9 Å². The van der Waals surface area contributed by atoms with Crippen molar-refractivity contribution in [2.45, 2.75) is 51.3 Å². The number of nitrogens with one attached hydrogen (secondary N) is 1. The van der Waals surface area contributed by atoms with Gasteiger partial charge in [0, 0.05) is 24.5 Å². The minimum absolute atomic E-state index is 0.146. The summed E-state index contributed by atoms with van der Waals surface area (Å²) in [5.41, 5.74) is 0.621. The van der Waals surface area contributed by atoms with Crippen LogP contribution in [0.3, 0.4) is 0 Å². The monoisotopic (exact) mass is 260 g/mol. The van der Waals surface area contributed by atoms with Crippen LogP contribution in [-0.2, 0) is 23.2 Å². The van der Waals surface area contributed by atoms with Crippen LogP contribution in [0, 0.1) is 0 Å². The molecule has 0 aliphatic carbocycles. The molecule has 0 radical (unpaired) electrons. The molecule has 98 valence electrons. The van der Waals surface area contributed by atoms with Crippen LogP contribution >= 0.6 is 0 Å². The highest BCUT2D eigenvalue weighted by atomic mass is 32.2. The van der Waals surface area contributed by atoms with E-state index in [1.165, 1.54) is 6.07 Å². The lowest BCUT2D eigenvalue weighted by molar-refractivity contribution is 0.270. The topological polar surface area (TPSA) is 71.3 Å². The number of hydrogen-bond acceptors (Lipinski definition) is 3. The number of sulfonamides is 1. The maximum absolute atomic E-state index is 11.9. The Morgan fingerprint density at radius 1 is 1.47 bits per heavy atom. The largest absolute Gasteiger partial charge is 0.390 e. The summed E-state index contributed by atoms with van der Waals surface area (Å²) in [7, 11) is -3.47. The van der Waals surface area contributed by atoms with Gasteiger partial charge in [-0.05, 0) is 26.3 Å². The van der Waals surface area contributed by atoms with Crippen molar-refractivity contribution in [2.24, 2.45) is 0 Å². The van der Waals surface area contributed by atoms with Gasteiger partial charge in [-0.1, -0.05) is 6.92 Å². The Morgan fingerprint density at radius 2 is 2.12 bits per heavy atom. The summed E-state index contributed by atoms with van der Waals surface area (Å²) >= 11 is 0. The molecule has 0 spiro atoms. The number of aryl methyl sites for hydroxylation is 1. The van der Waals surface area contributed by atoms with Crippen molar-refractivity contribution in [1.82, 2.24) is 9.29 Å². The summed E-state index contributed by atoms with van der Waals surface area (Å²) in [5, 5.41) is 9.17. The van der Waals surface area contributed by atoms with Crippen LogP contribution < -0.4 is 4.72 Å². The van der Waals surface area contributed by atoms with Crippen molar-refractivity contribution in [1.29, 1.82) is 0 Å².